The van der Waals surface area contributed by atoms with E-state index in [1.807, 2.05) is 24.3 Å². The molecule has 0 aliphatic carbocycles. The predicted octanol–water partition coefficient (Wildman–Crippen LogP) is 2.26. The molecule has 25 heavy (non-hydrogen) atoms. The second-order valence-electron chi connectivity index (χ2n) is 6.86. The third kappa shape index (κ3) is 3.46. The summed E-state index contributed by atoms with van der Waals surface area (Å²) in [6.45, 7) is 1.03. The molecule has 0 radical (unpaired) electrons. The third-order valence-corrected chi connectivity index (χ3v) is 6.73. The lowest BCUT2D eigenvalue weighted by Crippen LogP contribution is -2.23. The van der Waals surface area contributed by atoms with E-state index >= 15 is 0 Å². The Balaban J connectivity index is 1.45. The minimum Gasteiger partial charge on any atom is -0.334 e. The van der Waals surface area contributed by atoms with Crippen molar-refractivity contribution in [2.45, 2.75) is 32.2 Å². The van der Waals surface area contributed by atoms with E-state index in [1.54, 1.807) is 0 Å². The van der Waals surface area contributed by atoms with Crippen molar-refractivity contribution in [2.24, 2.45) is 5.92 Å². The topological polar surface area (TPSA) is 81.1 Å². The first-order valence-corrected chi connectivity index (χ1v) is 10.5. The van der Waals surface area contributed by atoms with Crippen LogP contribution >= 0.6 is 0 Å². The van der Waals surface area contributed by atoms with Gasteiger partial charge in [-0.25, -0.2) is 13.4 Å². The Labute approximate surface area is 147 Å². The Hall–Kier alpha value is -2.15. The Kier molecular flexibility index (Phi) is 4.11. The van der Waals surface area contributed by atoms with Crippen molar-refractivity contribution in [2.75, 3.05) is 16.8 Å². The van der Waals surface area contributed by atoms with E-state index in [-0.39, 0.29) is 17.4 Å². The molecule has 0 spiro atoms. The maximum atomic E-state index is 12.2. The first-order valence-electron chi connectivity index (χ1n) is 8.68. The molecule has 0 saturated carbocycles. The van der Waals surface area contributed by atoms with Crippen molar-refractivity contribution in [1.29, 1.82) is 0 Å². The van der Waals surface area contributed by atoms with Crippen molar-refractivity contribution in [3.63, 3.8) is 0 Å². The number of rotatable bonds is 3. The minimum atomic E-state index is -3.05. The molecule has 1 saturated heterocycles. The molecule has 6 nitrogen and oxygen atoms in total. The predicted molar refractivity (Wildman–Crippen MR) is 96.0 cm³/mol. The van der Waals surface area contributed by atoms with Crippen LogP contribution in [0, 0.1) is 5.92 Å². The van der Waals surface area contributed by atoms with Crippen molar-refractivity contribution >= 4 is 21.4 Å². The highest BCUT2D eigenvalue weighted by atomic mass is 32.2. The Morgan fingerprint density at radius 3 is 2.68 bits per heavy atom. The van der Waals surface area contributed by atoms with Gasteiger partial charge in [-0.2, -0.15) is 0 Å². The molecule has 1 N–H and O–H groups in total. The number of imidazole rings is 1. The first kappa shape index (κ1) is 16.3. The highest BCUT2D eigenvalue weighted by Gasteiger charge is 2.32. The second-order valence-corrected chi connectivity index (χ2v) is 9.09. The number of nitrogens with one attached hydrogen (secondary N) is 1. The van der Waals surface area contributed by atoms with Crippen LogP contribution in [0.2, 0.25) is 0 Å². The summed E-state index contributed by atoms with van der Waals surface area (Å²) in [7, 11) is -3.05. The number of fused-ring (bicyclic) bond motifs is 1. The fourth-order valence-electron chi connectivity index (χ4n) is 3.52. The molecule has 132 valence electrons. The van der Waals surface area contributed by atoms with Crippen LogP contribution < -0.4 is 5.32 Å². The van der Waals surface area contributed by atoms with Crippen molar-refractivity contribution in [3.8, 4) is 11.3 Å². The lowest BCUT2D eigenvalue weighted by molar-refractivity contribution is -0.119. The maximum Gasteiger partial charge on any atom is 0.228 e. The number of anilines is 1. The number of hydrogen-bond donors (Lipinski definition) is 1. The number of nitrogens with zero attached hydrogens (tertiary/aromatic N) is 2. The molecule has 2 aliphatic rings. The highest BCUT2D eigenvalue weighted by Crippen LogP contribution is 2.25. The van der Waals surface area contributed by atoms with Gasteiger partial charge >= 0.3 is 0 Å². The number of aromatic nitrogens is 2. The van der Waals surface area contributed by atoms with Crippen LogP contribution in [-0.2, 0) is 27.6 Å². The van der Waals surface area contributed by atoms with Crippen LogP contribution in [0.3, 0.4) is 0 Å². The molecular formula is C18H21N3O3S. The number of aryl methyl sites for hydroxylation is 2. The summed E-state index contributed by atoms with van der Waals surface area (Å²) >= 11 is 0. The van der Waals surface area contributed by atoms with E-state index in [0.29, 0.717) is 12.1 Å². The molecule has 2 aliphatic heterocycles. The number of carbonyl (C=O) groups excluding carboxylic acids is 1. The van der Waals surface area contributed by atoms with Gasteiger partial charge in [0, 0.05) is 30.4 Å². The summed E-state index contributed by atoms with van der Waals surface area (Å²) < 4.78 is 25.2. The van der Waals surface area contributed by atoms with Crippen LogP contribution in [-0.4, -0.2) is 35.4 Å². The number of benzene rings is 1. The average molecular weight is 359 g/mol. The molecule has 1 atom stereocenters. The van der Waals surface area contributed by atoms with Gasteiger partial charge in [0.2, 0.25) is 5.91 Å². The van der Waals surface area contributed by atoms with Crippen LogP contribution in [0.4, 0.5) is 5.69 Å². The van der Waals surface area contributed by atoms with Crippen molar-refractivity contribution < 1.29 is 13.2 Å². The summed E-state index contributed by atoms with van der Waals surface area (Å²) in [6, 6.07) is 7.56. The summed E-state index contributed by atoms with van der Waals surface area (Å²) in [5, 5.41) is 2.82. The Morgan fingerprint density at radius 2 is 2.00 bits per heavy atom. The molecular weight excluding hydrogens is 338 g/mol. The largest absolute Gasteiger partial charge is 0.334 e. The van der Waals surface area contributed by atoms with Gasteiger partial charge in [0.1, 0.15) is 5.82 Å². The van der Waals surface area contributed by atoms with Crippen LogP contribution in [0.1, 0.15) is 25.1 Å². The fourth-order valence-corrected chi connectivity index (χ4v) is 5.26. The van der Waals surface area contributed by atoms with E-state index in [4.69, 9.17) is 4.98 Å². The van der Waals surface area contributed by atoms with E-state index < -0.39 is 15.8 Å². The highest BCUT2D eigenvalue weighted by molar-refractivity contribution is 7.91. The van der Waals surface area contributed by atoms with E-state index in [2.05, 4.69) is 16.1 Å². The van der Waals surface area contributed by atoms with Gasteiger partial charge in [-0.3, -0.25) is 4.79 Å². The normalized spacial score (nSPS) is 21.7. The van der Waals surface area contributed by atoms with E-state index in [0.717, 1.165) is 30.0 Å². The monoisotopic (exact) mass is 359 g/mol. The number of hydrogen-bond acceptors (Lipinski definition) is 4. The van der Waals surface area contributed by atoms with Gasteiger partial charge in [0.25, 0.3) is 0 Å². The van der Waals surface area contributed by atoms with Gasteiger partial charge < -0.3 is 9.88 Å². The standard InChI is InChI=1S/C18H21N3O3S/c22-18(14-8-10-25(23,24)12-14)19-15-6-4-13(5-7-15)16-11-21-9-2-1-3-17(21)20-16/h4-7,11,14H,1-3,8-10,12H2,(H,19,22). The van der Waals surface area contributed by atoms with Crippen molar-refractivity contribution in [1.82, 2.24) is 9.55 Å². The Bertz CT molecular complexity index is 877. The molecule has 1 aromatic carbocycles. The van der Waals surface area contributed by atoms with Crippen molar-refractivity contribution in [3.05, 3.63) is 36.3 Å². The zero-order valence-electron chi connectivity index (χ0n) is 13.9. The lowest BCUT2D eigenvalue weighted by atomic mass is 10.1. The summed E-state index contributed by atoms with van der Waals surface area (Å²) in [5.41, 5.74) is 2.65. The summed E-state index contributed by atoms with van der Waals surface area (Å²) in [5.74, 6) is 0.545. The smallest absolute Gasteiger partial charge is 0.228 e. The molecule has 4 rings (SSSR count). The van der Waals surface area contributed by atoms with Gasteiger partial charge in [0.15, 0.2) is 9.84 Å². The summed E-state index contributed by atoms with van der Waals surface area (Å²) in [6.07, 6.45) is 5.92. The lowest BCUT2D eigenvalue weighted by Gasteiger charge is -2.11. The van der Waals surface area contributed by atoms with Gasteiger partial charge in [-0.05, 0) is 31.4 Å². The van der Waals surface area contributed by atoms with Gasteiger partial charge in [-0.1, -0.05) is 12.1 Å². The zero-order chi connectivity index (χ0) is 17.4. The van der Waals surface area contributed by atoms with E-state index in [9.17, 15) is 13.2 Å². The second kappa shape index (κ2) is 6.29. The fraction of sp³-hybridized carbons (Fsp3) is 0.444. The quantitative estimate of drug-likeness (QED) is 0.911. The van der Waals surface area contributed by atoms with Crippen LogP contribution in [0.15, 0.2) is 30.5 Å². The number of carbonyl (C=O) groups is 1. The number of sulfone groups is 1. The molecule has 1 fully saturated rings. The molecule has 7 heteroatoms. The van der Waals surface area contributed by atoms with E-state index in [1.165, 1.54) is 12.8 Å². The molecule has 1 amide bonds. The summed E-state index contributed by atoms with van der Waals surface area (Å²) in [4.78, 5) is 16.9. The third-order valence-electron chi connectivity index (χ3n) is 4.96. The Morgan fingerprint density at radius 1 is 1.20 bits per heavy atom. The van der Waals surface area contributed by atoms with Crippen LogP contribution in [0.25, 0.3) is 11.3 Å². The molecule has 3 heterocycles. The van der Waals surface area contributed by atoms with Gasteiger partial charge in [0.05, 0.1) is 23.1 Å². The first-order chi connectivity index (χ1) is 12.0. The average Bonchev–Trinajstić information content (AvgIpc) is 3.18. The molecule has 1 unspecified atom stereocenters. The number of amides is 1. The SMILES string of the molecule is O=C(Nc1ccc(-c2cn3c(n2)CCCC3)cc1)C1CCS(=O)(=O)C1. The van der Waals surface area contributed by atoms with Gasteiger partial charge in [-0.15, -0.1) is 0 Å². The molecule has 1 aromatic heterocycles. The maximum absolute atomic E-state index is 12.2. The van der Waals surface area contributed by atoms with Crippen LogP contribution in [0.5, 0.6) is 0 Å². The molecule has 0 bridgehead atoms. The zero-order valence-corrected chi connectivity index (χ0v) is 14.8. The molecule has 2 aromatic rings. The minimum absolute atomic E-state index is 0.0445.